The minimum atomic E-state index is -5.69. The first-order valence-corrected chi connectivity index (χ1v) is 27.7. The van der Waals surface area contributed by atoms with Gasteiger partial charge in [0, 0.05) is 11.1 Å². The van der Waals surface area contributed by atoms with Gasteiger partial charge in [-0.3, -0.25) is 18.4 Å². The summed E-state index contributed by atoms with van der Waals surface area (Å²) in [6, 6.07) is 15.2. The number of hydrogen-bond acceptors (Lipinski definition) is 24. The second-order valence-electron chi connectivity index (χ2n) is 14.1. The Balaban J connectivity index is 0.00000578. The van der Waals surface area contributed by atoms with E-state index in [2.05, 4.69) is 39.6 Å². The SMILES string of the molecule is Nc1cc(N)c(N=Nc2ccc(NS(=O)(=O)c3ccc(N=Nc4c(S(=O)(=O)O)cc5cc(S(=O)(=O)O)c(N=Nc6ccc(S(=O)(=O)CCOS(=O)(=O)O)cc6S(=O)(=O)[O-])c([O-])c5c4N)cc3)cc2)cc1Cl.[Na+].[Na+]. The van der Waals surface area contributed by atoms with Gasteiger partial charge in [-0.1, -0.05) is 17.4 Å². The Morgan fingerprint density at radius 1 is 0.589 bits per heavy atom. The maximum Gasteiger partial charge on any atom is 1.00 e. The van der Waals surface area contributed by atoms with Crippen LogP contribution < -0.4 is 86.1 Å². The van der Waals surface area contributed by atoms with E-state index in [0.717, 1.165) is 24.3 Å². The van der Waals surface area contributed by atoms with Gasteiger partial charge in [0.05, 0.1) is 66.2 Å². The molecule has 0 aliphatic rings. The summed E-state index contributed by atoms with van der Waals surface area (Å²) in [6.45, 7) is -1.15. The van der Waals surface area contributed by atoms with Gasteiger partial charge in [-0.2, -0.15) is 35.5 Å². The summed E-state index contributed by atoms with van der Waals surface area (Å²) in [5.74, 6) is -2.75. The Morgan fingerprint density at radius 3 is 1.64 bits per heavy atom. The minimum absolute atomic E-state index is 0. The van der Waals surface area contributed by atoms with Crippen molar-refractivity contribution >= 4 is 140 Å². The van der Waals surface area contributed by atoms with Crippen LogP contribution in [0, 0.1) is 0 Å². The number of azo groups is 3. The van der Waals surface area contributed by atoms with Crippen molar-refractivity contribution < 1.29 is 137 Å². The fraction of sp³-hybridized carbons (Fsp3) is 0.0556. The molecule has 0 unspecified atom stereocenters. The second-order valence-corrected chi connectivity index (χ2v) is 23.5. The minimum Gasteiger partial charge on any atom is -0.870 e. The normalized spacial score (nSPS) is 12.8. The molecule has 73 heavy (non-hydrogen) atoms. The van der Waals surface area contributed by atoms with E-state index in [1.165, 1.54) is 36.4 Å². The molecule has 6 aromatic rings. The van der Waals surface area contributed by atoms with E-state index in [9.17, 15) is 69.3 Å². The monoisotopic (exact) mass is 1160 g/mol. The van der Waals surface area contributed by atoms with Crippen LogP contribution in [0.1, 0.15) is 0 Å². The van der Waals surface area contributed by atoms with Crippen molar-refractivity contribution in [1.29, 1.82) is 0 Å². The van der Waals surface area contributed by atoms with Crippen LogP contribution in [0.2, 0.25) is 5.02 Å². The van der Waals surface area contributed by atoms with Crippen LogP contribution in [0.25, 0.3) is 10.8 Å². The molecule has 376 valence electrons. The number of sulfonamides is 1. The Kier molecular flexibility index (Phi) is 19.1. The van der Waals surface area contributed by atoms with E-state index in [1.54, 1.807) is 0 Å². The molecule has 0 heterocycles. The van der Waals surface area contributed by atoms with Crippen LogP contribution in [0.15, 0.2) is 146 Å². The first-order chi connectivity index (χ1) is 32.7. The first-order valence-electron chi connectivity index (χ1n) is 18.6. The van der Waals surface area contributed by atoms with Crippen LogP contribution in [0.3, 0.4) is 0 Å². The molecule has 37 heteroatoms. The molecule has 0 aliphatic heterocycles. The number of sulfone groups is 1. The zero-order chi connectivity index (χ0) is 52.6. The van der Waals surface area contributed by atoms with Crippen molar-refractivity contribution in [1.82, 2.24) is 0 Å². The third-order valence-corrected chi connectivity index (χ3v) is 15.7. The number of benzene rings is 6. The van der Waals surface area contributed by atoms with Crippen molar-refractivity contribution in [2.75, 3.05) is 34.3 Å². The summed E-state index contributed by atoms with van der Waals surface area (Å²) in [7, 11) is -30.6. The Labute approximate surface area is 463 Å². The Morgan fingerprint density at radius 2 is 1.10 bits per heavy atom. The van der Waals surface area contributed by atoms with E-state index >= 15 is 0 Å². The number of fused-ring (bicyclic) bond motifs is 1. The summed E-state index contributed by atoms with van der Waals surface area (Å²) in [4.78, 5) is -5.23. The molecule has 28 nitrogen and oxygen atoms in total. The van der Waals surface area contributed by atoms with Gasteiger partial charge in [-0.15, -0.1) is 20.5 Å². The molecule has 0 aromatic heterocycles. The zero-order valence-electron chi connectivity index (χ0n) is 36.8. The van der Waals surface area contributed by atoms with Crippen LogP contribution in [0.4, 0.5) is 56.9 Å². The maximum atomic E-state index is 13.9. The molecule has 6 aromatic carbocycles. The van der Waals surface area contributed by atoms with Crippen molar-refractivity contribution in [3.8, 4) is 5.75 Å². The van der Waals surface area contributed by atoms with Gasteiger partial charge in [-0.25, -0.2) is 29.4 Å². The number of nitrogen functional groups attached to an aromatic ring is 3. The molecule has 0 atom stereocenters. The van der Waals surface area contributed by atoms with Crippen LogP contribution in [0.5, 0.6) is 5.75 Å². The van der Waals surface area contributed by atoms with Gasteiger partial charge in [-0.05, 0) is 96.4 Å². The second kappa shape index (κ2) is 23.0. The van der Waals surface area contributed by atoms with Gasteiger partial charge < -0.3 is 26.9 Å². The van der Waals surface area contributed by atoms with E-state index < -0.39 is 132 Å². The summed E-state index contributed by atoms with van der Waals surface area (Å²) in [6.07, 6.45) is 0. The number of nitrogens with two attached hydrogens (primary N) is 3. The van der Waals surface area contributed by atoms with E-state index in [4.69, 9.17) is 33.4 Å². The first kappa shape index (κ1) is 60.7. The predicted octanol–water partition coefficient (Wildman–Crippen LogP) is -0.641. The molecule has 6 rings (SSSR count). The molecule has 0 saturated heterocycles. The predicted molar refractivity (Wildman–Crippen MR) is 248 cm³/mol. The number of halogens is 1. The van der Waals surface area contributed by atoms with Gasteiger partial charge in [0.25, 0.3) is 30.3 Å². The molecule has 0 fully saturated rings. The van der Waals surface area contributed by atoms with Gasteiger partial charge in [0.2, 0.25) is 0 Å². The smallest absolute Gasteiger partial charge is 0.870 e. The van der Waals surface area contributed by atoms with Crippen molar-refractivity contribution in [3.05, 3.63) is 96.0 Å². The molecule has 0 amide bonds. The van der Waals surface area contributed by atoms with Crippen LogP contribution in [-0.4, -0.2) is 81.1 Å². The molecular weight excluding hydrogens is 1130 g/mol. The van der Waals surface area contributed by atoms with Crippen molar-refractivity contribution in [2.24, 2.45) is 30.7 Å². The number of anilines is 4. The number of hydrogen-bond donors (Lipinski definition) is 7. The van der Waals surface area contributed by atoms with Crippen LogP contribution >= 0.6 is 11.6 Å². The third kappa shape index (κ3) is 14.9. The molecular formula is C36H29ClN10Na2O18S6. The number of nitrogens with one attached hydrogen (secondary N) is 1. The van der Waals surface area contributed by atoms with E-state index in [-0.39, 0.29) is 104 Å². The average Bonchev–Trinajstić information content (AvgIpc) is 3.25. The molecule has 10 N–H and O–H groups in total. The topological polar surface area (TPSA) is 485 Å². The standard InChI is InChI=1S/C36H31ClN10O18S6.2Na/c37-24-16-28(26(39)17-25(24)38)44-41-19-1-3-21(4-2-19)47-67(51,52)22-7-5-20(6-8-22)42-45-34-30(69(56,57)58)13-18-14-31(70(59,60)61)35(36(48)32(18)33(34)40)46-43-27-10-9-23(15-29(27)68(53,54)55)66(49,50)12-11-65-71(62,63)64;;/h1-10,13-17,47-48H,11-12,38-40H2,(H,53,54,55)(H,56,57,58)(H,59,60,61)(H,62,63,64);;/q;2*+1/p-2. The fourth-order valence-corrected chi connectivity index (χ4v) is 10.7. The van der Waals surface area contributed by atoms with Gasteiger partial charge in [0.15, 0.2) is 9.84 Å². The van der Waals surface area contributed by atoms with Gasteiger partial charge >= 0.3 is 69.5 Å². The summed E-state index contributed by atoms with van der Waals surface area (Å²) < 4.78 is 195. The number of nitrogens with zero attached hydrogens (tertiary/aromatic N) is 6. The van der Waals surface area contributed by atoms with Crippen LogP contribution in [-0.2, 0) is 64.8 Å². The molecule has 0 spiro atoms. The third-order valence-electron chi connectivity index (χ3n) is 9.20. The molecule has 0 bridgehead atoms. The maximum absolute atomic E-state index is 13.9. The fourth-order valence-electron chi connectivity index (χ4n) is 5.93. The Bertz CT molecular complexity index is 3970. The summed E-state index contributed by atoms with van der Waals surface area (Å²) in [5, 5.41) is 35.1. The Hall–Kier alpha value is -4.83. The molecule has 0 saturated carbocycles. The molecule has 0 aliphatic carbocycles. The van der Waals surface area contributed by atoms with E-state index in [1.807, 2.05) is 0 Å². The average molecular weight is 1160 g/mol. The van der Waals surface area contributed by atoms with Crippen molar-refractivity contribution in [2.45, 2.75) is 24.5 Å². The zero-order valence-corrected chi connectivity index (χ0v) is 46.4. The van der Waals surface area contributed by atoms with Crippen molar-refractivity contribution in [3.63, 3.8) is 0 Å². The van der Waals surface area contributed by atoms with Gasteiger partial charge in [0.1, 0.15) is 37.0 Å². The molecule has 0 radical (unpaired) electrons. The quantitative estimate of drug-likeness (QED) is 0.0258. The number of rotatable bonds is 17. The van der Waals surface area contributed by atoms with E-state index in [0.29, 0.717) is 30.0 Å². The summed E-state index contributed by atoms with van der Waals surface area (Å²) in [5.41, 5.74) is 14.5. The largest absolute Gasteiger partial charge is 1.00 e. The summed E-state index contributed by atoms with van der Waals surface area (Å²) >= 11 is 6.01.